The summed E-state index contributed by atoms with van der Waals surface area (Å²) in [6.07, 6.45) is -4.32. The highest BCUT2D eigenvalue weighted by Gasteiger charge is 2.38. The molecular formula is C40H43F3N6O7S. The molecule has 0 aliphatic rings. The van der Waals surface area contributed by atoms with Crippen molar-refractivity contribution in [3.63, 3.8) is 0 Å². The van der Waals surface area contributed by atoms with E-state index in [-0.39, 0.29) is 36.3 Å². The van der Waals surface area contributed by atoms with Crippen LogP contribution in [0.3, 0.4) is 0 Å². The fourth-order valence-corrected chi connectivity index (χ4v) is 7.12. The van der Waals surface area contributed by atoms with Crippen molar-refractivity contribution < 1.29 is 45.5 Å². The molecule has 13 nitrogen and oxygen atoms in total. The number of alkyl halides is 3. The van der Waals surface area contributed by atoms with Crippen molar-refractivity contribution in [2.75, 3.05) is 7.11 Å². The Morgan fingerprint density at radius 1 is 0.737 bits per heavy atom. The molecule has 0 fully saturated rings. The number of hydrogen-bond donors (Lipinski definition) is 6. The van der Waals surface area contributed by atoms with E-state index in [1.807, 2.05) is 30.3 Å². The number of amides is 3. The van der Waals surface area contributed by atoms with Gasteiger partial charge in [0.15, 0.2) is 0 Å². The van der Waals surface area contributed by atoms with Crippen LogP contribution in [-0.4, -0.2) is 63.3 Å². The fraction of sp³-hybridized carbons (Fsp3) is 0.275. The Hall–Kier alpha value is -6.07. The van der Waals surface area contributed by atoms with E-state index in [4.69, 9.17) is 15.9 Å². The standard InChI is InChI=1S/C40H43F3N6O7S/c1-56-38(52)32-14-6-13-30(21-32)25-57(54,55)49-33(15-7-10-26-8-3-2-4-9-26)37(51)48-34(36(50)46-23-27-16-18-31(19-17-27)35(44)45)22-28-11-5-12-29(20-28)24-47-39(53)40(41,42)43/h2-6,8-9,11-14,16-21,33-34,49H,7,10,15,22-25H2,1H3,(H3,44,45)(H,46,50)(H,47,53)(H,48,51)/t33-,34?/m1/s1. The maximum atomic E-state index is 14.1. The Kier molecular flexibility index (Phi) is 15.5. The van der Waals surface area contributed by atoms with Crippen LogP contribution >= 0.6 is 0 Å². The second-order valence-corrected chi connectivity index (χ2v) is 14.8. The van der Waals surface area contributed by atoms with E-state index in [0.29, 0.717) is 35.1 Å². The Labute approximate surface area is 328 Å². The van der Waals surface area contributed by atoms with E-state index in [0.717, 1.165) is 5.56 Å². The average molecular weight is 809 g/mol. The molecule has 1 unspecified atom stereocenters. The van der Waals surface area contributed by atoms with E-state index in [2.05, 4.69) is 15.4 Å². The molecule has 57 heavy (non-hydrogen) atoms. The van der Waals surface area contributed by atoms with Crippen molar-refractivity contribution in [1.29, 1.82) is 5.41 Å². The summed E-state index contributed by atoms with van der Waals surface area (Å²) < 4.78 is 72.7. The van der Waals surface area contributed by atoms with Crippen LogP contribution < -0.4 is 26.4 Å². The molecule has 7 N–H and O–H groups in total. The molecule has 0 bridgehead atoms. The first-order valence-corrected chi connectivity index (χ1v) is 19.3. The zero-order valence-corrected chi connectivity index (χ0v) is 31.7. The first kappa shape index (κ1) is 43.7. The second-order valence-electron chi connectivity index (χ2n) is 13.1. The van der Waals surface area contributed by atoms with Crippen LogP contribution in [0.1, 0.15) is 56.6 Å². The molecule has 0 saturated carbocycles. The van der Waals surface area contributed by atoms with Crippen LogP contribution in [0.25, 0.3) is 0 Å². The van der Waals surface area contributed by atoms with Gasteiger partial charge in [0, 0.05) is 25.1 Å². The number of halogens is 3. The molecule has 0 aliphatic heterocycles. The van der Waals surface area contributed by atoms with Gasteiger partial charge in [0.1, 0.15) is 17.9 Å². The Morgan fingerprint density at radius 2 is 1.37 bits per heavy atom. The molecule has 17 heteroatoms. The number of rotatable bonds is 19. The minimum absolute atomic E-state index is 0.00464. The van der Waals surface area contributed by atoms with Gasteiger partial charge in [-0.1, -0.05) is 91.0 Å². The van der Waals surface area contributed by atoms with Crippen molar-refractivity contribution in [1.82, 2.24) is 20.7 Å². The number of nitrogens with two attached hydrogens (primary N) is 1. The zero-order chi connectivity index (χ0) is 41.6. The minimum Gasteiger partial charge on any atom is -0.465 e. The summed E-state index contributed by atoms with van der Waals surface area (Å²) >= 11 is 0. The van der Waals surface area contributed by atoms with Gasteiger partial charge in [-0.3, -0.25) is 19.8 Å². The number of hydrogen-bond acceptors (Lipinski definition) is 8. The van der Waals surface area contributed by atoms with Gasteiger partial charge in [-0.25, -0.2) is 17.9 Å². The largest absolute Gasteiger partial charge is 0.471 e. The molecular weight excluding hydrogens is 766 g/mol. The van der Waals surface area contributed by atoms with Gasteiger partial charge in [-0.15, -0.1) is 0 Å². The number of esters is 1. The normalized spacial score (nSPS) is 12.5. The van der Waals surface area contributed by atoms with E-state index in [1.165, 1.54) is 49.6 Å². The van der Waals surface area contributed by atoms with Gasteiger partial charge in [-0.05, 0) is 59.2 Å². The average Bonchev–Trinajstić information content (AvgIpc) is 3.18. The molecule has 0 aromatic heterocycles. The predicted molar refractivity (Wildman–Crippen MR) is 206 cm³/mol. The van der Waals surface area contributed by atoms with Crippen LogP contribution in [0.2, 0.25) is 0 Å². The molecule has 0 radical (unpaired) electrons. The number of amidine groups is 1. The number of benzene rings is 4. The van der Waals surface area contributed by atoms with Gasteiger partial charge in [0.2, 0.25) is 21.8 Å². The monoisotopic (exact) mass is 808 g/mol. The Bertz CT molecular complexity index is 2150. The van der Waals surface area contributed by atoms with Crippen LogP contribution in [0.4, 0.5) is 13.2 Å². The van der Waals surface area contributed by atoms with Crippen LogP contribution in [0.5, 0.6) is 0 Å². The number of carbonyl (C=O) groups is 4. The highest BCUT2D eigenvalue weighted by atomic mass is 32.2. The third-order valence-corrected chi connectivity index (χ3v) is 10.0. The summed E-state index contributed by atoms with van der Waals surface area (Å²) in [5.41, 5.74) is 8.72. The van der Waals surface area contributed by atoms with Crippen LogP contribution in [0, 0.1) is 5.41 Å². The van der Waals surface area contributed by atoms with E-state index >= 15 is 0 Å². The minimum atomic E-state index is -5.08. The van der Waals surface area contributed by atoms with Crippen molar-refractivity contribution in [3.8, 4) is 0 Å². The fourth-order valence-electron chi connectivity index (χ4n) is 5.76. The molecule has 0 aliphatic carbocycles. The van der Waals surface area contributed by atoms with E-state index in [9.17, 15) is 40.8 Å². The first-order valence-electron chi connectivity index (χ1n) is 17.7. The van der Waals surface area contributed by atoms with Crippen molar-refractivity contribution in [2.24, 2.45) is 5.73 Å². The van der Waals surface area contributed by atoms with Gasteiger partial charge in [0.25, 0.3) is 0 Å². The number of methoxy groups -OCH3 is 1. The summed E-state index contributed by atoms with van der Waals surface area (Å²) in [5, 5.41) is 14.8. The van der Waals surface area contributed by atoms with Gasteiger partial charge >= 0.3 is 18.1 Å². The lowest BCUT2D eigenvalue weighted by molar-refractivity contribution is -0.173. The molecule has 302 valence electrons. The van der Waals surface area contributed by atoms with E-state index in [1.54, 1.807) is 35.6 Å². The van der Waals surface area contributed by atoms with Crippen molar-refractivity contribution in [3.05, 3.63) is 142 Å². The number of nitrogens with one attached hydrogen (secondary N) is 5. The first-order chi connectivity index (χ1) is 27.0. The maximum Gasteiger partial charge on any atom is 0.471 e. The third kappa shape index (κ3) is 14.2. The highest BCUT2D eigenvalue weighted by molar-refractivity contribution is 7.88. The van der Waals surface area contributed by atoms with Gasteiger partial charge < -0.3 is 26.4 Å². The maximum absolute atomic E-state index is 14.1. The lowest BCUT2D eigenvalue weighted by Gasteiger charge is -2.24. The molecule has 0 saturated heterocycles. The smallest absolute Gasteiger partial charge is 0.465 e. The summed E-state index contributed by atoms with van der Waals surface area (Å²) in [6.45, 7) is -0.454. The summed E-state index contributed by atoms with van der Waals surface area (Å²) in [5.74, 6) is -4.96. The number of carbonyl (C=O) groups excluding carboxylic acids is 4. The van der Waals surface area contributed by atoms with Crippen LogP contribution in [-0.2, 0) is 60.8 Å². The Morgan fingerprint density at radius 3 is 2.04 bits per heavy atom. The quantitative estimate of drug-likeness (QED) is 0.0466. The van der Waals surface area contributed by atoms with Crippen LogP contribution in [0.15, 0.2) is 103 Å². The molecule has 4 aromatic rings. The summed E-state index contributed by atoms with van der Waals surface area (Å²) in [4.78, 5) is 51.3. The SMILES string of the molecule is COC(=O)c1cccc(CS(=O)(=O)N[C@H](CCCc2ccccc2)C(=O)NC(Cc2cccc(CNC(=O)C(F)(F)F)c2)C(=O)NCc2ccc(C(=N)N)cc2)c1. The summed E-state index contributed by atoms with van der Waals surface area (Å²) in [6, 6.07) is 25.1. The number of nitrogen functional groups attached to an aromatic ring is 1. The Balaban J connectivity index is 1.58. The lowest BCUT2D eigenvalue weighted by atomic mass is 10.0. The molecule has 0 heterocycles. The second kappa shape index (κ2) is 20.2. The predicted octanol–water partition coefficient (Wildman–Crippen LogP) is 3.79. The lowest BCUT2D eigenvalue weighted by Crippen LogP contribution is -2.54. The zero-order valence-electron chi connectivity index (χ0n) is 30.9. The number of ether oxygens (including phenoxy) is 1. The van der Waals surface area contributed by atoms with Gasteiger partial charge in [-0.2, -0.15) is 13.2 Å². The van der Waals surface area contributed by atoms with Crippen molar-refractivity contribution in [2.45, 2.75) is 62.8 Å². The van der Waals surface area contributed by atoms with E-state index < -0.39 is 64.3 Å². The topological polar surface area (TPSA) is 210 Å². The molecule has 4 aromatic carbocycles. The number of sulfonamides is 1. The van der Waals surface area contributed by atoms with Crippen molar-refractivity contribution >= 4 is 39.5 Å². The summed E-state index contributed by atoms with van der Waals surface area (Å²) in [7, 11) is -3.03. The highest BCUT2D eigenvalue weighted by Crippen LogP contribution is 2.17. The molecule has 3 amide bonds. The van der Waals surface area contributed by atoms with Gasteiger partial charge in [0.05, 0.1) is 18.4 Å². The molecule has 0 spiro atoms. The molecule has 2 atom stereocenters. The third-order valence-electron chi connectivity index (χ3n) is 8.65. The molecule has 4 rings (SSSR count). The number of aryl methyl sites for hydroxylation is 1.